The zero-order chi connectivity index (χ0) is 17.0. The minimum absolute atomic E-state index is 0.0352. The molecule has 23 heavy (non-hydrogen) atoms. The number of rotatable bonds is 4. The van der Waals surface area contributed by atoms with Crippen LogP contribution in [0.4, 0.5) is 4.39 Å². The number of halogens is 2. The highest BCUT2D eigenvalue weighted by molar-refractivity contribution is 6.30. The van der Waals surface area contributed by atoms with E-state index in [0.717, 1.165) is 5.56 Å². The largest absolute Gasteiger partial charge is 0.352 e. The minimum atomic E-state index is -0.477. The van der Waals surface area contributed by atoms with Gasteiger partial charge in [-0.3, -0.25) is 4.79 Å². The fraction of sp³-hybridized carbons (Fsp3) is 0.316. The first-order chi connectivity index (χ1) is 10.8. The predicted octanol–water partition coefficient (Wildman–Crippen LogP) is 4.64. The number of amides is 1. The molecule has 0 atom stereocenters. The van der Waals surface area contributed by atoms with Gasteiger partial charge in [0.05, 0.1) is 11.4 Å². The van der Waals surface area contributed by atoms with Crippen LogP contribution in [0, 0.1) is 5.82 Å². The molecule has 1 N–H and O–H groups in total. The maximum absolute atomic E-state index is 13.1. The maximum Gasteiger partial charge on any atom is 0.224 e. The smallest absolute Gasteiger partial charge is 0.224 e. The third kappa shape index (κ3) is 5.07. The molecule has 0 aliphatic rings. The third-order valence-corrected chi connectivity index (χ3v) is 3.95. The first kappa shape index (κ1) is 17.5. The third-order valence-electron chi connectivity index (χ3n) is 3.66. The molecule has 0 aromatic heterocycles. The van der Waals surface area contributed by atoms with Crippen LogP contribution in [-0.4, -0.2) is 5.91 Å². The van der Waals surface area contributed by atoms with E-state index in [0.29, 0.717) is 12.1 Å². The van der Waals surface area contributed by atoms with Crippen molar-refractivity contribution in [3.05, 3.63) is 70.0 Å². The lowest BCUT2D eigenvalue weighted by Gasteiger charge is -2.19. The summed E-state index contributed by atoms with van der Waals surface area (Å²) in [4.78, 5) is 12.0. The van der Waals surface area contributed by atoms with Gasteiger partial charge in [0.1, 0.15) is 5.82 Å². The summed E-state index contributed by atoms with van der Waals surface area (Å²) >= 11 is 5.72. The molecule has 0 saturated heterocycles. The Kier molecular flexibility index (Phi) is 5.42. The van der Waals surface area contributed by atoms with Crippen LogP contribution in [0.5, 0.6) is 0 Å². The molecule has 122 valence electrons. The lowest BCUT2D eigenvalue weighted by Crippen LogP contribution is -2.24. The summed E-state index contributed by atoms with van der Waals surface area (Å²) in [6.45, 7) is 6.96. The van der Waals surface area contributed by atoms with Crippen LogP contribution in [0.25, 0.3) is 0 Å². The van der Waals surface area contributed by atoms with E-state index in [2.05, 4.69) is 38.2 Å². The Bertz CT molecular complexity index is 690. The Balaban J connectivity index is 1.90. The highest BCUT2D eigenvalue weighted by atomic mass is 35.5. The van der Waals surface area contributed by atoms with Crippen molar-refractivity contribution in [3.63, 3.8) is 0 Å². The van der Waals surface area contributed by atoms with Gasteiger partial charge in [-0.25, -0.2) is 4.39 Å². The molecule has 2 rings (SSSR count). The fourth-order valence-electron chi connectivity index (χ4n) is 2.22. The van der Waals surface area contributed by atoms with Crippen molar-refractivity contribution in [3.8, 4) is 0 Å². The SMILES string of the molecule is CC(C)(C)c1ccc(CNC(=O)Cc2ccc(F)c(Cl)c2)cc1. The molecule has 1 amide bonds. The van der Waals surface area contributed by atoms with Gasteiger partial charge in [-0.15, -0.1) is 0 Å². The van der Waals surface area contributed by atoms with E-state index in [1.807, 2.05) is 12.1 Å². The standard InChI is InChI=1S/C19H21ClFNO/c1-19(2,3)15-7-4-13(5-8-15)12-22-18(23)11-14-6-9-17(21)16(20)10-14/h4-10H,11-12H2,1-3H3,(H,22,23). The molecule has 4 heteroatoms. The molecule has 0 radical (unpaired) electrons. The summed E-state index contributed by atoms with van der Waals surface area (Å²) in [7, 11) is 0. The summed E-state index contributed by atoms with van der Waals surface area (Å²) in [5.74, 6) is -0.595. The van der Waals surface area contributed by atoms with Crippen LogP contribution in [0.2, 0.25) is 5.02 Å². The van der Waals surface area contributed by atoms with E-state index in [-0.39, 0.29) is 22.8 Å². The van der Waals surface area contributed by atoms with Gasteiger partial charge in [-0.2, -0.15) is 0 Å². The molecular weight excluding hydrogens is 313 g/mol. The average molecular weight is 334 g/mol. The molecule has 2 nitrogen and oxygen atoms in total. The van der Waals surface area contributed by atoms with Gasteiger partial charge in [-0.1, -0.05) is 62.7 Å². The van der Waals surface area contributed by atoms with Crippen LogP contribution >= 0.6 is 11.6 Å². The number of nitrogens with one attached hydrogen (secondary N) is 1. The molecule has 2 aromatic carbocycles. The second kappa shape index (κ2) is 7.14. The van der Waals surface area contributed by atoms with E-state index in [4.69, 9.17) is 11.6 Å². The van der Waals surface area contributed by atoms with Crippen molar-refractivity contribution in [2.75, 3.05) is 0 Å². The van der Waals surface area contributed by atoms with E-state index in [1.54, 1.807) is 6.07 Å². The quantitative estimate of drug-likeness (QED) is 0.868. The Morgan fingerprint density at radius 3 is 2.26 bits per heavy atom. The van der Waals surface area contributed by atoms with Crippen LogP contribution in [0.1, 0.15) is 37.5 Å². The average Bonchev–Trinajstić information content (AvgIpc) is 2.48. The van der Waals surface area contributed by atoms with Crippen LogP contribution in [0.3, 0.4) is 0 Å². The molecule has 0 fully saturated rings. The van der Waals surface area contributed by atoms with Gasteiger partial charge >= 0.3 is 0 Å². The molecule has 0 heterocycles. The van der Waals surface area contributed by atoms with Crippen LogP contribution < -0.4 is 5.32 Å². The fourth-order valence-corrected chi connectivity index (χ4v) is 2.42. The van der Waals surface area contributed by atoms with E-state index in [9.17, 15) is 9.18 Å². The van der Waals surface area contributed by atoms with Gasteiger partial charge in [0.25, 0.3) is 0 Å². The zero-order valence-electron chi connectivity index (χ0n) is 13.6. The van der Waals surface area contributed by atoms with E-state index >= 15 is 0 Å². The van der Waals surface area contributed by atoms with Crippen molar-refractivity contribution in [1.29, 1.82) is 0 Å². The van der Waals surface area contributed by atoms with Gasteiger partial charge in [0.15, 0.2) is 0 Å². The Labute approximate surface area is 141 Å². The molecule has 0 bridgehead atoms. The van der Waals surface area contributed by atoms with E-state index < -0.39 is 5.82 Å². The molecular formula is C19H21ClFNO. The second-order valence-corrected chi connectivity index (χ2v) is 7.06. The summed E-state index contributed by atoms with van der Waals surface area (Å²) < 4.78 is 13.1. The molecule has 0 aliphatic carbocycles. The number of hydrogen-bond donors (Lipinski definition) is 1. The van der Waals surface area contributed by atoms with E-state index in [1.165, 1.54) is 17.7 Å². The Morgan fingerprint density at radius 2 is 1.70 bits per heavy atom. The normalized spacial score (nSPS) is 11.3. The van der Waals surface area contributed by atoms with Crippen LogP contribution in [-0.2, 0) is 23.2 Å². The first-order valence-electron chi connectivity index (χ1n) is 7.56. The summed E-state index contributed by atoms with van der Waals surface area (Å²) in [5, 5.41) is 2.90. The number of hydrogen-bond acceptors (Lipinski definition) is 1. The number of benzene rings is 2. The Morgan fingerprint density at radius 1 is 1.09 bits per heavy atom. The highest BCUT2D eigenvalue weighted by Crippen LogP contribution is 2.22. The van der Waals surface area contributed by atoms with Gasteiger partial charge < -0.3 is 5.32 Å². The number of carbonyl (C=O) groups is 1. The van der Waals surface area contributed by atoms with Crippen molar-refractivity contribution in [2.45, 2.75) is 39.2 Å². The van der Waals surface area contributed by atoms with Gasteiger partial charge in [-0.05, 0) is 34.2 Å². The van der Waals surface area contributed by atoms with Crippen molar-refractivity contribution >= 4 is 17.5 Å². The van der Waals surface area contributed by atoms with Crippen molar-refractivity contribution < 1.29 is 9.18 Å². The van der Waals surface area contributed by atoms with Crippen molar-refractivity contribution in [1.82, 2.24) is 5.32 Å². The van der Waals surface area contributed by atoms with Crippen LogP contribution in [0.15, 0.2) is 42.5 Å². The highest BCUT2D eigenvalue weighted by Gasteiger charge is 2.13. The van der Waals surface area contributed by atoms with Gasteiger partial charge in [0, 0.05) is 6.54 Å². The second-order valence-electron chi connectivity index (χ2n) is 6.65. The molecule has 2 aromatic rings. The first-order valence-corrected chi connectivity index (χ1v) is 7.93. The number of carbonyl (C=O) groups excluding carboxylic acids is 1. The molecule has 0 spiro atoms. The Hall–Kier alpha value is -1.87. The molecule has 0 aliphatic heterocycles. The zero-order valence-corrected chi connectivity index (χ0v) is 14.4. The maximum atomic E-state index is 13.1. The summed E-state index contributed by atoms with van der Waals surface area (Å²) in [5.41, 5.74) is 3.11. The molecule has 0 saturated carbocycles. The van der Waals surface area contributed by atoms with Crippen molar-refractivity contribution in [2.24, 2.45) is 0 Å². The lowest BCUT2D eigenvalue weighted by atomic mass is 9.87. The minimum Gasteiger partial charge on any atom is -0.352 e. The monoisotopic (exact) mass is 333 g/mol. The molecule has 0 unspecified atom stereocenters. The summed E-state index contributed by atoms with van der Waals surface area (Å²) in [6, 6.07) is 12.5. The summed E-state index contributed by atoms with van der Waals surface area (Å²) in [6.07, 6.45) is 0.181. The van der Waals surface area contributed by atoms with Gasteiger partial charge in [0.2, 0.25) is 5.91 Å². The predicted molar refractivity (Wildman–Crippen MR) is 92.1 cm³/mol. The topological polar surface area (TPSA) is 29.1 Å². The lowest BCUT2D eigenvalue weighted by molar-refractivity contribution is -0.120.